The summed E-state index contributed by atoms with van der Waals surface area (Å²) < 4.78 is 4.90. The monoisotopic (exact) mass is 216 g/mol. The van der Waals surface area contributed by atoms with Crippen LogP contribution in [0.4, 0.5) is 0 Å². The van der Waals surface area contributed by atoms with Crippen LogP contribution in [-0.2, 0) is 4.74 Å². The summed E-state index contributed by atoms with van der Waals surface area (Å²) in [5.41, 5.74) is 0.850. The summed E-state index contributed by atoms with van der Waals surface area (Å²) in [5, 5.41) is 10.0. The van der Waals surface area contributed by atoms with E-state index in [1.54, 1.807) is 25.1 Å². The molecular formula is C12H10NO3. The molecule has 0 unspecified atom stereocenters. The number of ether oxygens (including phenoxy) is 1. The van der Waals surface area contributed by atoms with Gasteiger partial charge in [0.1, 0.15) is 0 Å². The molecule has 2 rings (SSSR count). The van der Waals surface area contributed by atoms with Gasteiger partial charge in [0, 0.05) is 11.5 Å². The van der Waals surface area contributed by atoms with Gasteiger partial charge in [-0.15, -0.1) is 0 Å². The third kappa shape index (κ3) is 1.82. The van der Waals surface area contributed by atoms with Crippen LogP contribution in [0, 0.1) is 6.07 Å². The second-order valence-electron chi connectivity index (χ2n) is 3.19. The first-order chi connectivity index (χ1) is 7.72. The topological polar surface area (TPSA) is 59.4 Å². The number of hydrogen-bond donors (Lipinski definition) is 1. The van der Waals surface area contributed by atoms with Crippen LogP contribution in [0.2, 0.25) is 0 Å². The van der Waals surface area contributed by atoms with E-state index in [1.807, 2.05) is 0 Å². The lowest BCUT2D eigenvalue weighted by atomic mass is 10.1. The van der Waals surface area contributed by atoms with Gasteiger partial charge in [0.25, 0.3) is 0 Å². The van der Waals surface area contributed by atoms with Gasteiger partial charge in [-0.25, -0.2) is 9.78 Å². The Labute approximate surface area is 92.5 Å². The fourth-order valence-electron chi connectivity index (χ4n) is 1.48. The molecule has 0 saturated heterocycles. The SMILES string of the molecule is CCOC(=O)c1cc(O)nc2cc[c]cc12. The molecule has 81 valence electrons. The Hall–Kier alpha value is -2.10. The number of rotatable bonds is 2. The number of hydrogen-bond acceptors (Lipinski definition) is 4. The Morgan fingerprint density at radius 3 is 3.19 bits per heavy atom. The fourth-order valence-corrected chi connectivity index (χ4v) is 1.48. The number of esters is 1. The van der Waals surface area contributed by atoms with E-state index in [0.29, 0.717) is 23.1 Å². The lowest BCUT2D eigenvalue weighted by Crippen LogP contribution is -2.05. The zero-order chi connectivity index (χ0) is 11.5. The number of aromatic nitrogens is 1. The highest BCUT2D eigenvalue weighted by atomic mass is 16.5. The van der Waals surface area contributed by atoms with Gasteiger partial charge in [0.15, 0.2) is 0 Å². The molecule has 1 N–H and O–H groups in total. The average Bonchev–Trinajstić information content (AvgIpc) is 2.28. The van der Waals surface area contributed by atoms with E-state index in [4.69, 9.17) is 4.74 Å². The van der Waals surface area contributed by atoms with Crippen LogP contribution in [0.5, 0.6) is 5.88 Å². The van der Waals surface area contributed by atoms with Gasteiger partial charge < -0.3 is 9.84 Å². The minimum Gasteiger partial charge on any atom is -0.493 e. The van der Waals surface area contributed by atoms with Crippen LogP contribution < -0.4 is 0 Å². The number of benzene rings is 1. The molecule has 0 atom stereocenters. The first kappa shape index (κ1) is 10.4. The van der Waals surface area contributed by atoms with E-state index in [9.17, 15) is 9.90 Å². The zero-order valence-electron chi connectivity index (χ0n) is 8.73. The van der Waals surface area contributed by atoms with Crippen LogP contribution in [0.1, 0.15) is 17.3 Å². The Morgan fingerprint density at radius 2 is 2.44 bits per heavy atom. The lowest BCUT2D eigenvalue weighted by Gasteiger charge is -2.05. The molecule has 1 aromatic heterocycles. The second-order valence-corrected chi connectivity index (χ2v) is 3.19. The van der Waals surface area contributed by atoms with Crippen molar-refractivity contribution in [1.29, 1.82) is 0 Å². The molecule has 0 aliphatic carbocycles. The van der Waals surface area contributed by atoms with Crippen molar-refractivity contribution in [3.05, 3.63) is 35.9 Å². The molecule has 0 aliphatic rings. The van der Waals surface area contributed by atoms with Gasteiger partial charge in [-0.3, -0.25) is 0 Å². The first-order valence-corrected chi connectivity index (χ1v) is 4.89. The summed E-state index contributed by atoms with van der Waals surface area (Å²) in [5.74, 6) is -0.661. The smallest absolute Gasteiger partial charge is 0.339 e. The van der Waals surface area contributed by atoms with E-state index in [1.165, 1.54) is 6.07 Å². The molecule has 1 radical (unpaired) electrons. The van der Waals surface area contributed by atoms with Crippen LogP contribution in [0.25, 0.3) is 10.9 Å². The Bertz CT molecular complexity index is 537. The largest absolute Gasteiger partial charge is 0.493 e. The summed E-state index contributed by atoms with van der Waals surface area (Å²) in [4.78, 5) is 15.5. The average molecular weight is 216 g/mol. The van der Waals surface area contributed by atoms with Crippen molar-refractivity contribution in [3.63, 3.8) is 0 Å². The van der Waals surface area contributed by atoms with Crippen molar-refractivity contribution >= 4 is 16.9 Å². The second kappa shape index (κ2) is 4.18. The summed E-state index contributed by atoms with van der Waals surface area (Å²) in [6.07, 6.45) is 0. The van der Waals surface area contributed by atoms with Crippen molar-refractivity contribution in [3.8, 4) is 5.88 Å². The molecule has 0 aliphatic heterocycles. The number of carbonyl (C=O) groups excluding carboxylic acids is 1. The molecule has 0 saturated carbocycles. The molecule has 0 amide bonds. The van der Waals surface area contributed by atoms with Crippen molar-refractivity contribution in [1.82, 2.24) is 4.98 Å². The van der Waals surface area contributed by atoms with E-state index in [0.717, 1.165) is 0 Å². The van der Waals surface area contributed by atoms with Crippen LogP contribution in [0.15, 0.2) is 24.3 Å². The summed E-state index contributed by atoms with van der Waals surface area (Å²) >= 11 is 0. The maximum Gasteiger partial charge on any atom is 0.339 e. The molecule has 0 bridgehead atoms. The predicted molar refractivity (Wildman–Crippen MR) is 58.2 cm³/mol. The van der Waals surface area contributed by atoms with Gasteiger partial charge in [-0.1, -0.05) is 6.07 Å². The molecule has 4 nitrogen and oxygen atoms in total. The molecule has 1 aromatic carbocycles. The van der Waals surface area contributed by atoms with E-state index >= 15 is 0 Å². The van der Waals surface area contributed by atoms with Gasteiger partial charge in [0.2, 0.25) is 5.88 Å². The maximum atomic E-state index is 11.6. The van der Waals surface area contributed by atoms with Crippen molar-refractivity contribution in [2.24, 2.45) is 0 Å². The highest BCUT2D eigenvalue weighted by Crippen LogP contribution is 2.21. The highest BCUT2D eigenvalue weighted by Gasteiger charge is 2.13. The van der Waals surface area contributed by atoms with E-state index in [2.05, 4.69) is 11.1 Å². The molecule has 16 heavy (non-hydrogen) atoms. The summed E-state index contributed by atoms with van der Waals surface area (Å²) in [6.45, 7) is 2.02. The van der Waals surface area contributed by atoms with E-state index in [-0.39, 0.29) is 5.88 Å². The van der Waals surface area contributed by atoms with Gasteiger partial charge in [-0.05, 0) is 25.1 Å². The normalized spacial score (nSPS) is 10.3. The highest BCUT2D eigenvalue weighted by molar-refractivity contribution is 6.03. The lowest BCUT2D eigenvalue weighted by molar-refractivity contribution is 0.0528. The van der Waals surface area contributed by atoms with Crippen molar-refractivity contribution in [2.45, 2.75) is 6.92 Å². The Kier molecular flexibility index (Phi) is 2.72. The predicted octanol–water partition coefficient (Wildman–Crippen LogP) is 1.92. The zero-order valence-corrected chi connectivity index (χ0v) is 8.73. The minimum atomic E-state index is -0.468. The molecule has 0 fully saturated rings. The van der Waals surface area contributed by atoms with Crippen molar-refractivity contribution < 1.29 is 14.6 Å². The summed E-state index contributed by atoms with van der Waals surface area (Å²) in [6, 6.07) is 9.16. The van der Waals surface area contributed by atoms with Gasteiger partial charge in [-0.2, -0.15) is 0 Å². The number of pyridine rings is 1. The molecular weight excluding hydrogens is 206 g/mol. The molecule has 4 heteroatoms. The van der Waals surface area contributed by atoms with Crippen LogP contribution in [0.3, 0.4) is 0 Å². The standard InChI is InChI=1S/C12H10NO3/c1-2-16-12(15)9-7-11(14)13-10-6-4-3-5-8(9)10/h4-7H,2H2,1H3,(H,13,14). The number of fused-ring (bicyclic) bond motifs is 1. The molecule has 1 heterocycles. The maximum absolute atomic E-state index is 11.6. The van der Waals surface area contributed by atoms with Crippen molar-refractivity contribution in [2.75, 3.05) is 6.61 Å². The van der Waals surface area contributed by atoms with Crippen LogP contribution >= 0.6 is 0 Å². The van der Waals surface area contributed by atoms with Gasteiger partial charge in [0.05, 0.1) is 17.7 Å². The quantitative estimate of drug-likeness (QED) is 0.779. The third-order valence-corrected chi connectivity index (χ3v) is 2.14. The Balaban J connectivity index is 2.63. The fraction of sp³-hybridized carbons (Fsp3) is 0.167. The summed E-state index contributed by atoms with van der Waals surface area (Å²) in [7, 11) is 0. The number of nitrogens with zero attached hydrogens (tertiary/aromatic N) is 1. The third-order valence-electron chi connectivity index (χ3n) is 2.14. The van der Waals surface area contributed by atoms with E-state index < -0.39 is 5.97 Å². The number of aromatic hydroxyl groups is 1. The first-order valence-electron chi connectivity index (χ1n) is 4.89. The van der Waals surface area contributed by atoms with Gasteiger partial charge >= 0.3 is 5.97 Å². The molecule has 2 aromatic rings. The Morgan fingerprint density at radius 1 is 1.62 bits per heavy atom. The number of carbonyl (C=O) groups is 1. The van der Waals surface area contributed by atoms with Crippen LogP contribution in [-0.4, -0.2) is 22.7 Å². The minimum absolute atomic E-state index is 0.193. The molecule has 0 spiro atoms.